The first-order chi connectivity index (χ1) is 8.07. The largest absolute Gasteiger partial charge is 0.388 e. The van der Waals surface area contributed by atoms with Gasteiger partial charge in [0.2, 0.25) is 0 Å². The molecule has 0 aromatic carbocycles. The van der Waals surface area contributed by atoms with E-state index < -0.39 is 5.60 Å². The van der Waals surface area contributed by atoms with Crippen LogP contribution in [-0.2, 0) is 0 Å². The maximum Gasteiger partial charge on any atom is 0.148 e. The first-order valence-corrected chi connectivity index (χ1v) is 6.13. The molecule has 17 heavy (non-hydrogen) atoms. The third-order valence-electron chi connectivity index (χ3n) is 3.35. The number of nitrogen functional groups attached to an aromatic ring is 1. The zero-order chi connectivity index (χ0) is 12.3. The lowest BCUT2D eigenvalue weighted by atomic mass is 9.79. The van der Waals surface area contributed by atoms with E-state index in [-0.39, 0.29) is 0 Å². The molecule has 0 bridgehead atoms. The summed E-state index contributed by atoms with van der Waals surface area (Å²) in [5.41, 5.74) is 4.85. The minimum absolute atomic E-state index is 0.403. The van der Waals surface area contributed by atoms with Gasteiger partial charge in [-0.3, -0.25) is 0 Å². The fourth-order valence-electron chi connectivity index (χ4n) is 2.48. The monoisotopic (exact) mass is 236 g/mol. The summed E-state index contributed by atoms with van der Waals surface area (Å²) in [5.74, 6) is 1.65. The van der Waals surface area contributed by atoms with Gasteiger partial charge < -0.3 is 16.2 Å². The van der Waals surface area contributed by atoms with Crippen LogP contribution in [0.3, 0.4) is 0 Å². The fourth-order valence-corrected chi connectivity index (χ4v) is 2.48. The van der Waals surface area contributed by atoms with Crippen molar-refractivity contribution in [1.29, 1.82) is 0 Å². The summed E-state index contributed by atoms with van der Waals surface area (Å²) in [7, 11) is 0. The molecule has 0 radical (unpaired) electrons. The number of hydrogen-bond acceptors (Lipinski definition) is 5. The highest BCUT2D eigenvalue weighted by molar-refractivity contribution is 5.38. The van der Waals surface area contributed by atoms with Gasteiger partial charge in [0.15, 0.2) is 0 Å². The molecule has 1 saturated carbocycles. The molecule has 2 atom stereocenters. The van der Waals surface area contributed by atoms with Gasteiger partial charge in [-0.2, -0.15) is 0 Å². The molecular weight excluding hydrogens is 216 g/mol. The standard InChI is InChI=1S/C12H20N4O/c1-9-3-2-6-12(17,7-9)8-14-11-5-4-10(13)15-16-11/h4-5,9,17H,2-3,6-8H2,1H3,(H2,13,15)(H,14,16). The summed E-state index contributed by atoms with van der Waals surface area (Å²) >= 11 is 0. The Hall–Kier alpha value is -1.36. The molecule has 5 heteroatoms. The summed E-state index contributed by atoms with van der Waals surface area (Å²) in [5, 5.41) is 21.2. The summed E-state index contributed by atoms with van der Waals surface area (Å²) in [6.45, 7) is 2.71. The van der Waals surface area contributed by atoms with Crippen LogP contribution >= 0.6 is 0 Å². The van der Waals surface area contributed by atoms with Gasteiger partial charge in [-0.25, -0.2) is 0 Å². The number of anilines is 2. The van der Waals surface area contributed by atoms with Gasteiger partial charge in [-0.1, -0.05) is 19.8 Å². The van der Waals surface area contributed by atoms with Crippen molar-refractivity contribution in [2.75, 3.05) is 17.6 Å². The van der Waals surface area contributed by atoms with Crippen LogP contribution in [0.1, 0.15) is 32.6 Å². The molecule has 0 saturated heterocycles. The molecule has 2 unspecified atom stereocenters. The highest BCUT2D eigenvalue weighted by Gasteiger charge is 2.32. The summed E-state index contributed by atoms with van der Waals surface area (Å²) in [4.78, 5) is 0. The van der Waals surface area contributed by atoms with Crippen molar-refractivity contribution in [3.8, 4) is 0 Å². The van der Waals surface area contributed by atoms with E-state index in [2.05, 4.69) is 22.4 Å². The molecule has 1 aliphatic rings. The number of aliphatic hydroxyl groups is 1. The molecule has 2 rings (SSSR count). The molecule has 0 amide bonds. The van der Waals surface area contributed by atoms with Gasteiger partial charge in [-0.15, -0.1) is 10.2 Å². The minimum Gasteiger partial charge on any atom is -0.388 e. The molecule has 1 aromatic rings. The van der Waals surface area contributed by atoms with Crippen LogP contribution in [0.2, 0.25) is 0 Å². The molecule has 0 spiro atoms. The predicted octanol–water partition coefficient (Wildman–Crippen LogP) is 1.41. The lowest BCUT2D eigenvalue weighted by Crippen LogP contribution is -2.41. The van der Waals surface area contributed by atoms with Gasteiger partial charge in [0.1, 0.15) is 11.6 Å². The molecule has 4 N–H and O–H groups in total. The maximum absolute atomic E-state index is 10.4. The third kappa shape index (κ3) is 3.30. The molecule has 5 nitrogen and oxygen atoms in total. The Bertz CT molecular complexity index is 367. The van der Waals surface area contributed by atoms with Gasteiger partial charge >= 0.3 is 0 Å². The molecule has 0 aliphatic heterocycles. The van der Waals surface area contributed by atoms with Crippen LogP contribution in [0, 0.1) is 5.92 Å². The number of nitrogens with one attached hydrogen (secondary N) is 1. The predicted molar refractivity (Wildman–Crippen MR) is 67.5 cm³/mol. The van der Waals surface area contributed by atoms with Crippen molar-refractivity contribution in [3.63, 3.8) is 0 Å². The van der Waals surface area contributed by atoms with E-state index in [1.165, 1.54) is 6.42 Å². The Morgan fingerprint density at radius 3 is 3.00 bits per heavy atom. The van der Waals surface area contributed by atoms with E-state index in [0.717, 1.165) is 19.3 Å². The van der Waals surface area contributed by atoms with E-state index in [1.807, 2.05) is 0 Å². The second-order valence-electron chi connectivity index (χ2n) is 5.12. The molecule has 1 aliphatic carbocycles. The summed E-state index contributed by atoms with van der Waals surface area (Å²) in [6, 6.07) is 3.47. The quantitative estimate of drug-likeness (QED) is 0.739. The van der Waals surface area contributed by atoms with Crippen molar-refractivity contribution in [2.45, 2.75) is 38.2 Å². The van der Waals surface area contributed by atoms with Crippen LogP contribution in [-0.4, -0.2) is 27.4 Å². The Balaban J connectivity index is 1.90. The molecule has 1 heterocycles. The molecule has 1 aromatic heterocycles. The zero-order valence-corrected chi connectivity index (χ0v) is 10.2. The maximum atomic E-state index is 10.4. The second kappa shape index (κ2) is 4.87. The molecular formula is C12H20N4O. The van der Waals surface area contributed by atoms with Crippen LogP contribution in [0.5, 0.6) is 0 Å². The first kappa shape index (κ1) is 12.1. The van der Waals surface area contributed by atoms with E-state index in [4.69, 9.17) is 5.73 Å². The van der Waals surface area contributed by atoms with E-state index in [1.54, 1.807) is 12.1 Å². The average molecular weight is 236 g/mol. The minimum atomic E-state index is -0.610. The lowest BCUT2D eigenvalue weighted by molar-refractivity contribution is -0.000835. The summed E-state index contributed by atoms with van der Waals surface area (Å²) < 4.78 is 0. The fraction of sp³-hybridized carbons (Fsp3) is 0.667. The van der Waals surface area contributed by atoms with Gasteiger partial charge in [0.25, 0.3) is 0 Å². The topological polar surface area (TPSA) is 84.1 Å². The van der Waals surface area contributed by atoms with Crippen molar-refractivity contribution in [3.05, 3.63) is 12.1 Å². The zero-order valence-electron chi connectivity index (χ0n) is 10.2. The number of nitrogens with two attached hydrogens (primary N) is 1. The second-order valence-corrected chi connectivity index (χ2v) is 5.12. The third-order valence-corrected chi connectivity index (χ3v) is 3.35. The number of aromatic nitrogens is 2. The van der Waals surface area contributed by atoms with E-state index in [0.29, 0.717) is 24.1 Å². The van der Waals surface area contributed by atoms with Gasteiger partial charge in [-0.05, 0) is 30.9 Å². The Kier molecular flexibility index (Phi) is 3.47. The van der Waals surface area contributed by atoms with Crippen LogP contribution in [0.25, 0.3) is 0 Å². The van der Waals surface area contributed by atoms with Crippen LogP contribution in [0.15, 0.2) is 12.1 Å². The van der Waals surface area contributed by atoms with Crippen molar-refractivity contribution in [1.82, 2.24) is 10.2 Å². The smallest absolute Gasteiger partial charge is 0.148 e. The van der Waals surface area contributed by atoms with Crippen LogP contribution in [0.4, 0.5) is 11.6 Å². The normalized spacial score (nSPS) is 28.9. The van der Waals surface area contributed by atoms with Crippen LogP contribution < -0.4 is 11.1 Å². The molecule has 1 fully saturated rings. The SMILES string of the molecule is CC1CCCC(O)(CNc2ccc(N)nn2)C1. The van der Waals surface area contributed by atoms with Crippen molar-refractivity contribution in [2.24, 2.45) is 5.92 Å². The van der Waals surface area contributed by atoms with Crippen molar-refractivity contribution < 1.29 is 5.11 Å². The number of nitrogens with zero attached hydrogens (tertiary/aromatic N) is 2. The van der Waals surface area contributed by atoms with E-state index >= 15 is 0 Å². The highest BCUT2D eigenvalue weighted by atomic mass is 16.3. The Morgan fingerprint density at radius 2 is 2.35 bits per heavy atom. The van der Waals surface area contributed by atoms with Gasteiger partial charge in [0, 0.05) is 6.54 Å². The lowest BCUT2D eigenvalue weighted by Gasteiger charge is -2.35. The Labute approximate surface area is 101 Å². The highest BCUT2D eigenvalue weighted by Crippen LogP contribution is 2.32. The Morgan fingerprint density at radius 1 is 1.53 bits per heavy atom. The van der Waals surface area contributed by atoms with E-state index in [9.17, 15) is 5.11 Å². The summed E-state index contributed by atoms with van der Waals surface area (Å²) in [6.07, 6.45) is 4.01. The molecule has 94 valence electrons. The average Bonchev–Trinajstić information content (AvgIpc) is 2.28. The number of hydrogen-bond donors (Lipinski definition) is 3. The number of rotatable bonds is 3. The first-order valence-electron chi connectivity index (χ1n) is 6.13. The van der Waals surface area contributed by atoms with Crippen molar-refractivity contribution >= 4 is 11.6 Å². The van der Waals surface area contributed by atoms with Gasteiger partial charge in [0.05, 0.1) is 5.60 Å².